The van der Waals surface area contributed by atoms with Crippen LogP contribution in [0.4, 0.5) is 5.69 Å². The van der Waals surface area contributed by atoms with Gasteiger partial charge >= 0.3 is 0 Å². The number of sulfonamides is 1. The summed E-state index contributed by atoms with van der Waals surface area (Å²) in [4.78, 5) is 17.3. The Bertz CT molecular complexity index is 603. The Balaban J connectivity index is 3.03. The normalized spacial score (nSPS) is 12.1. The van der Waals surface area contributed by atoms with E-state index in [-0.39, 0.29) is 11.3 Å². The number of hydroxylamine groups is 1. The van der Waals surface area contributed by atoms with Crippen molar-refractivity contribution < 1.29 is 18.0 Å². The van der Waals surface area contributed by atoms with Gasteiger partial charge in [-0.1, -0.05) is 11.6 Å². The molecule has 2 N–H and O–H groups in total. The molecule has 1 amide bonds. The van der Waals surface area contributed by atoms with Crippen LogP contribution in [-0.2, 0) is 14.9 Å². The highest BCUT2D eigenvalue weighted by molar-refractivity contribution is 7.92. The van der Waals surface area contributed by atoms with Crippen LogP contribution < -0.4 is 10.2 Å². The van der Waals surface area contributed by atoms with Crippen molar-refractivity contribution in [2.75, 3.05) is 11.0 Å². The fraction of sp³-hybridized carbons (Fsp3) is 0.462. The first-order valence-electron chi connectivity index (χ1n) is 6.05. The van der Waals surface area contributed by atoms with Gasteiger partial charge in [-0.05, 0) is 39.8 Å². The molecule has 0 aliphatic carbocycles. The van der Waals surface area contributed by atoms with Crippen molar-refractivity contribution in [1.82, 2.24) is 5.48 Å². The summed E-state index contributed by atoms with van der Waals surface area (Å²) in [5.41, 5.74) is 3.04. The molecule has 0 fully saturated rings. The standard InChI is InChI=1S/C13H20N2O4S/c1-9-6-7-11(15-20(5,17)18)10(8-9)12(16)14-19-13(2,3)4/h6-8,15H,1-5H3,(H,14,16). The number of amides is 1. The Morgan fingerprint density at radius 1 is 1.25 bits per heavy atom. The molecular formula is C13H20N2O4S. The van der Waals surface area contributed by atoms with Crippen molar-refractivity contribution in [3.8, 4) is 0 Å². The van der Waals surface area contributed by atoms with Gasteiger partial charge in [-0.15, -0.1) is 0 Å². The van der Waals surface area contributed by atoms with E-state index in [9.17, 15) is 13.2 Å². The first kappa shape index (κ1) is 16.5. The first-order chi connectivity index (χ1) is 8.98. The lowest BCUT2D eigenvalue weighted by Crippen LogP contribution is -2.34. The number of carbonyl (C=O) groups excluding carboxylic acids is 1. The average molecular weight is 300 g/mol. The lowest BCUT2D eigenvalue weighted by molar-refractivity contribution is -0.0589. The fourth-order valence-electron chi connectivity index (χ4n) is 1.39. The van der Waals surface area contributed by atoms with E-state index >= 15 is 0 Å². The summed E-state index contributed by atoms with van der Waals surface area (Å²) in [6.07, 6.45) is 1.03. The third-order valence-corrected chi connectivity index (χ3v) is 2.76. The van der Waals surface area contributed by atoms with Gasteiger partial charge in [-0.25, -0.2) is 13.9 Å². The Morgan fingerprint density at radius 3 is 2.35 bits per heavy atom. The molecule has 6 nitrogen and oxygen atoms in total. The minimum absolute atomic E-state index is 0.208. The number of aryl methyl sites for hydroxylation is 1. The monoisotopic (exact) mass is 300 g/mol. The van der Waals surface area contributed by atoms with Crippen molar-refractivity contribution >= 4 is 21.6 Å². The second-order valence-electron chi connectivity index (χ2n) is 5.57. The second kappa shape index (κ2) is 5.80. The van der Waals surface area contributed by atoms with E-state index in [2.05, 4.69) is 10.2 Å². The van der Waals surface area contributed by atoms with Crippen LogP contribution in [0.25, 0.3) is 0 Å². The summed E-state index contributed by atoms with van der Waals surface area (Å²) < 4.78 is 24.9. The van der Waals surface area contributed by atoms with E-state index in [1.54, 1.807) is 39.0 Å². The van der Waals surface area contributed by atoms with Crippen molar-refractivity contribution in [2.24, 2.45) is 0 Å². The Kier molecular flexibility index (Phi) is 4.77. The maximum Gasteiger partial charge on any atom is 0.276 e. The molecule has 1 rings (SSSR count). The molecule has 0 spiro atoms. The lowest BCUT2D eigenvalue weighted by atomic mass is 10.1. The Hall–Kier alpha value is -1.60. The van der Waals surface area contributed by atoms with Crippen LogP contribution in [0.1, 0.15) is 36.7 Å². The van der Waals surface area contributed by atoms with Gasteiger partial charge in [-0.3, -0.25) is 14.4 Å². The number of hydrogen-bond donors (Lipinski definition) is 2. The summed E-state index contributed by atoms with van der Waals surface area (Å²) in [6.45, 7) is 7.18. The molecule has 0 bridgehead atoms. The molecular weight excluding hydrogens is 280 g/mol. The summed E-state index contributed by atoms with van der Waals surface area (Å²) in [6, 6.07) is 4.85. The maximum absolute atomic E-state index is 12.1. The predicted molar refractivity (Wildman–Crippen MR) is 77.9 cm³/mol. The van der Waals surface area contributed by atoms with Gasteiger partial charge in [0.05, 0.1) is 23.1 Å². The zero-order valence-electron chi connectivity index (χ0n) is 12.3. The molecule has 1 aromatic rings. The molecule has 7 heteroatoms. The van der Waals surface area contributed by atoms with Gasteiger partial charge < -0.3 is 0 Å². The van der Waals surface area contributed by atoms with Crippen LogP contribution in [-0.4, -0.2) is 26.2 Å². The van der Waals surface area contributed by atoms with E-state index in [0.717, 1.165) is 11.8 Å². The van der Waals surface area contributed by atoms with Gasteiger partial charge in [0, 0.05) is 0 Å². The smallest absolute Gasteiger partial charge is 0.276 e. The topological polar surface area (TPSA) is 84.5 Å². The maximum atomic E-state index is 12.1. The number of carbonyl (C=O) groups is 1. The number of hydrogen-bond acceptors (Lipinski definition) is 4. The first-order valence-corrected chi connectivity index (χ1v) is 7.94. The highest BCUT2D eigenvalue weighted by Gasteiger charge is 2.18. The number of anilines is 1. The SMILES string of the molecule is Cc1ccc(NS(C)(=O)=O)c(C(=O)NOC(C)(C)C)c1. The molecule has 1 aromatic carbocycles. The summed E-state index contributed by atoms with van der Waals surface area (Å²) in [5.74, 6) is -0.505. The van der Waals surface area contributed by atoms with Gasteiger partial charge in [0.25, 0.3) is 5.91 Å². The molecule has 0 unspecified atom stereocenters. The van der Waals surface area contributed by atoms with Crippen LogP contribution >= 0.6 is 0 Å². The average Bonchev–Trinajstić information content (AvgIpc) is 2.25. The van der Waals surface area contributed by atoms with Crippen LogP contribution in [0.5, 0.6) is 0 Å². The van der Waals surface area contributed by atoms with Crippen LogP contribution in [0.15, 0.2) is 18.2 Å². The molecule has 0 saturated heterocycles. The zero-order valence-corrected chi connectivity index (χ0v) is 13.1. The number of rotatable bonds is 4. The van der Waals surface area contributed by atoms with E-state index in [4.69, 9.17) is 4.84 Å². The van der Waals surface area contributed by atoms with E-state index < -0.39 is 21.5 Å². The highest BCUT2D eigenvalue weighted by Crippen LogP contribution is 2.19. The van der Waals surface area contributed by atoms with Crippen LogP contribution in [0, 0.1) is 6.92 Å². The van der Waals surface area contributed by atoms with E-state index in [1.165, 1.54) is 0 Å². The van der Waals surface area contributed by atoms with Crippen molar-refractivity contribution in [3.05, 3.63) is 29.3 Å². The molecule has 20 heavy (non-hydrogen) atoms. The molecule has 0 heterocycles. The highest BCUT2D eigenvalue weighted by atomic mass is 32.2. The van der Waals surface area contributed by atoms with Crippen LogP contribution in [0.2, 0.25) is 0 Å². The van der Waals surface area contributed by atoms with Gasteiger partial charge in [0.15, 0.2) is 0 Å². The van der Waals surface area contributed by atoms with Crippen molar-refractivity contribution in [3.63, 3.8) is 0 Å². The van der Waals surface area contributed by atoms with E-state index in [0.29, 0.717) is 0 Å². The van der Waals surface area contributed by atoms with E-state index in [1.807, 2.05) is 6.92 Å². The third-order valence-electron chi connectivity index (χ3n) is 2.16. The molecule has 0 saturated carbocycles. The summed E-state index contributed by atoms with van der Waals surface area (Å²) >= 11 is 0. The summed E-state index contributed by atoms with van der Waals surface area (Å²) in [7, 11) is -3.46. The van der Waals surface area contributed by atoms with Gasteiger partial charge in [0.2, 0.25) is 10.0 Å². The van der Waals surface area contributed by atoms with Crippen molar-refractivity contribution in [2.45, 2.75) is 33.3 Å². The lowest BCUT2D eigenvalue weighted by Gasteiger charge is -2.19. The molecule has 0 aliphatic heterocycles. The number of nitrogens with one attached hydrogen (secondary N) is 2. The number of benzene rings is 1. The van der Waals surface area contributed by atoms with Gasteiger partial charge in [0.1, 0.15) is 0 Å². The minimum Gasteiger partial charge on any atom is -0.283 e. The minimum atomic E-state index is -3.46. The molecule has 0 atom stereocenters. The molecule has 0 aliphatic rings. The van der Waals surface area contributed by atoms with Gasteiger partial charge in [-0.2, -0.15) is 0 Å². The molecule has 0 aromatic heterocycles. The largest absolute Gasteiger partial charge is 0.283 e. The molecule has 112 valence electrons. The fourth-order valence-corrected chi connectivity index (χ4v) is 1.97. The predicted octanol–water partition coefficient (Wildman–Crippen LogP) is 1.83. The zero-order chi connectivity index (χ0) is 15.6. The second-order valence-corrected chi connectivity index (χ2v) is 7.32. The van der Waals surface area contributed by atoms with Crippen molar-refractivity contribution in [1.29, 1.82) is 0 Å². The quantitative estimate of drug-likeness (QED) is 0.831. The summed E-state index contributed by atoms with van der Waals surface area (Å²) in [5, 5.41) is 0. The Labute approximate surface area is 119 Å². The third kappa shape index (κ3) is 5.58. The molecule has 0 radical (unpaired) electrons. The Morgan fingerprint density at radius 2 is 1.85 bits per heavy atom. The van der Waals surface area contributed by atoms with Crippen LogP contribution in [0.3, 0.4) is 0 Å².